The number of ether oxygens (including phenoxy) is 3. The molecule has 0 aromatic heterocycles. The van der Waals surface area contributed by atoms with Crippen molar-refractivity contribution in [3.05, 3.63) is 10.1 Å². The predicted octanol–water partition coefficient (Wildman–Crippen LogP) is 1.29. The van der Waals surface area contributed by atoms with Gasteiger partial charge in [-0.15, -0.1) is 0 Å². The number of nitrogens with zero attached hydrogens (tertiary/aromatic N) is 1. The molecule has 27 heavy (non-hydrogen) atoms. The third-order valence-corrected chi connectivity index (χ3v) is 4.81. The Hall–Kier alpha value is -2.39. The second kappa shape index (κ2) is 7.32. The first kappa shape index (κ1) is 20.9. The number of nitro groups is 1. The maximum atomic E-state index is 12.7. The lowest BCUT2D eigenvalue weighted by atomic mass is 9.89. The quantitative estimate of drug-likeness (QED) is 0.312. The van der Waals surface area contributed by atoms with Crippen LogP contribution < -0.4 is 5.32 Å². The minimum absolute atomic E-state index is 0.0289. The van der Waals surface area contributed by atoms with E-state index in [1.165, 1.54) is 0 Å². The van der Waals surface area contributed by atoms with Crippen molar-refractivity contribution in [3.8, 4) is 0 Å². The first-order valence-corrected chi connectivity index (χ1v) is 8.97. The first-order valence-electron chi connectivity index (χ1n) is 8.97. The van der Waals surface area contributed by atoms with Crippen LogP contribution in [0.25, 0.3) is 0 Å². The molecule has 0 aromatic carbocycles. The number of carbonyl (C=O) groups is 3. The SMILES string of the molecule is CCOC(=O)C1C2C([N+](=O)[O-])CC(NC(=O)OC(C)(C)C)(C(=O)OCC)C12. The Morgan fingerprint density at radius 3 is 2.26 bits per heavy atom. The van der Waals surface area contributed by atoms with Gasteiger partial charge in [0, 0.05) is 23.2 Å². The number of hydrogen-bond acceptors (Lipinski definition) is 8. The molecule has 5 atom stereocenters. The average molecular weight is 386 g/mol. The van der Waals surface area contributed by atoms with Gasteiger partial charge in [-0.3, -0.25) is 14.9 Å². The maximum absolute atomic E-state index is 12.7. The molecule has 2 fully saturated rings. The van der Waals surface area contributed by atoms with Gasteiger partial charge in [-0.25, -0.2) is 9.59 Å². The molecular weight excluding hydrogens is 360 g/mol. The Labute approximate surface area is 157 Å². The van der Waals surface area contributed by atoms with E-state index in [0.717, 1.165) is 0 Å². The smallest absolute Gasteiger partial charge is 0.408 e. The number of fused-ring (bicyclic) bond motifs is 1. The van der Waals surface area contributed by atoms with E-state index in [4.69, 9.17) is 14.2 Å². The molecule has 0 radical (unpaired) electrons. The van der Waals surface area contributed by atoms with Gasteiger partial charge in [-0.2, -0.15) is 0 Å². The number of amides is 1. The summed E-state index contributed by atoms with van der Waals surface area (Å²) in [6.45, 7) is 8.31. The van der Waals surface area contributed by atoms with Gasteiger partial charge in [0.05, 0.1) is 19.1 Å². The van der Waals surface area contributed by atoms with Crippen molar-refractivity contribution in [1.82, 2.24) is 5.32 Å². The first-order chi connectivity index (χ1) is 12.5. The molecule has 152 valence electrons. The number of rotatable bonds is 6. The number of alkyl carbamates (subject to hydrolysis) is 1. The summed E-state index contributed by atoms with van der Waals surface area (Å²) in [6, 6.07) is -1.16. The van der Waals surface area contributed by atoms with Crippen molar-refractivity contribution in [1.29, 1.82) is 0 Å². The Bertz CT molecular complexity index is 643. The summed E-state index contributed by atoms with van der Waals surface area (Å²) in [5, 5.41) is 14.0. The summed E-state index contributed by atoms with van der Waals surface area (Å²) in [6.07, 6.45) is -1.16. The summed E-state index contributed by atoms with van der Waals surface area (Å²) >= 11 is 0. The van der Waals surface area contributed by atoms with Crippen molar-refractivity contribution in [2.24, 2.45) is 17.8 Å². The van der Waals surface area contributed by atoms with Crippen LogP contribution in [0.3, 0.4) is 0 Å². The third-order valence-electron chi connectivity index (χ3n) is 4.81. The van der Waals surface area contributed by atoms with Crippen LogP contribution in [0.2, 0.25) is 0 Å². The zero-order chi connectivity index (χ0) is 20.6. The normalized spacial score (nSPS) is 31.4. The molecule has 0 heterocycles. The molecule has 0 saturated heterocycles. The van der Waals surface area contributed by atoms with Crippen LogP contribution in [-0.2, 0) is 23.8 Å². The summed E-state index contributed by atoms with van der Waals surface area (Å²) in [5.41, 5.74) is -2.53. The highest BCUT2D eigenvalue weighted by Crippen LogP contribution is 2.63. The van der Waals surface area contributed by atoms with Crippen LogP contribution >= 0.6 is 0 Å². The van der Waals surface area contributed by atoms with E-state index < -0.39 is 57.9 Å². The number of nitrogens with one attached hydrogen (secondary N) is 1. The fourth-order valence-corrected chi connectivity index (χ4v) is 3.96. The molecule has 0 bridgehead atoms. The van der Waals surface area contributed by atoms with Gasteiger partial charge in [0.25, 0.3) is 0 Å². The van der Waals surface area contributed by atoms with E-state index in [1.807, 2.05) is 0 Å². The topological polar surface area (TPSA) is 134 Å². The minimum Gasteiger partial charge on any atom is -0.466 e. The van der Waals surface area contributed by atoms with Gasteiger partial charge in [-0.1, -0.05) is 0 Å². The van der Waals surface area contributed by atoms with Gasteiger partial charge >= 0.3 is 18.0 Å². The third kappa shape index (κ3) is 3.98. The minimum atomic E-state index is -1.70. The Kier molecular flexibility index (Phi) is 5.67. The van der Waals surface area contributed by atoms with E-state index in [-0.39, 0.29) is 19.6 Å². The van der Waals surface area contributed by atoms with E-state index in [1.54, 1.807) is 34.6 Å². The van der Waals surface area contributed by atoms with Crippen molar-refractivity contribution in [2.45, 2.75) is 58.2 Å². The fraction of sp³-hybridized carbons (Fsp3) is 0.824. The lowest BCUT2D eigenvalue weighted by Crippen LogP contribution is -2.58. The predicted molar refractivity (Wildman–Crippen MR) is 91.2 cm³/mol. The highest BCUT2D eigenvalue weighted by atomic mass is 16.6. The van der Waals surface area contributed by atoms with Crippen LogP contribution in [0, 0.1) is 27.9 Å². The van der Waals surface area contributed by atoms with E-state index in [9.17, 15) is 24.5 Å². The van der Waals surface area contributed by atoms with Gasteiger partial charge in [-0.05, 0) is 34.6 Å². The summed E-state index contributed by atoms with van der Waals surface area (Å²) < 4.78 is 15.3. The van der Waals surface area contributed by atoms with Crippen LogP contribution in [0.5, 0.6) is 0 Å². The van der Waals surface area contributed by atoms with Crippen molar-refractivity contribution in [3.63, 3.8) is 0 Å². The maximum Gasteiger partial charge on any atom is 0.408 e. The molecule has 2 rings (SSSR count). The molecule has 2 aliphatic carbocycles. The number of esters is 2. The average Bonchev–Trinajstić information content (AvgIpc) is 3.17. The van der Waals surface area contributed by atoms with Crippen LogP contribution in [0.1, 0.15) is 41.0 Å². The van der Waals surface area contributed by atoms with Crippen molar-refractivity contribution >= 4 is 18.0 Å². The molecule has 2 aliphatic rings. The number of hydrogen-bond donors (Lipinski definition) is 1. The monoisotopic (exact) mass is 386 g/mol. The van der Waals surface area contributed by atoms with E-state index in [2.05, 4.69) is 5.32 Å². The van der Waals surface area contributed by atoms with Gasteiger partial charge in [0.2, 0.25) is 6.04 Å². The Morgan fingerprint density at radius 1 is 1.19 bits per heavy atom. The lowest BCUT2D eigenvalue weighted by molar-refractivity contribution is -0.526. The van der Waals surface area contributed by atoms with Crippen LogP contribution in [0.4, 0.5) is 4.79 Å². The molecule has 10 nitrogen and oxygen atoms in total. The van der Waals surface area contributed by atoms with Gasteiger partial charge in [0.15, 0.2) is 5.54 Å². The molecule has 10 heteroatoms. The standard InChI is InChI=1S/C17H26N2O8/c1-6-25-13(20)11-10-9(19(23)24)8-17(12(10)11,14(21)26-7-2)18-15(22)27-16(3,4)5/h9-12H,6-8H2,1-5H3,(H,18,22). The van der Waals surface area contributed by atoms with E-state index in [0.29, 0.717) is 0 Å². The second-order valence-corrected chi connectivity index (χ2v) is 7.76. The molecule has 0 aromatic rings. The number of carbonyl (C=O) groups excluding carboxylic acids is 3. The van der Waals surface area contributed by atoms with Crippen molar-refractivity contribution in [2.75, 3.05) is 13.2 Å². The summed E-state index contributed by atoms with van der Waals surface area (Å²) in [5.74, 6) is -3.72. The summed E-state index contributed by atoms with van der Waals surface area (Å²) in [4.78, 5) is 48.3. The fourth-order valence-electron chi connectivity index (χ4n) is 3.96. The van der Waals surface area contributed by atoms with Gasteiger partial charge in [0.1, 0.15) is 5.60 Å². The highest BCUT2D eigenvalue weighted by molar-refractivity contribution is 5.90. The molecule has 0 aliphatic heterocycles. The Morgan fingerprint density at radius 2 is 1.78 bits per heavy atom. The summed E-state index contributed by atoms with van der Waals surface area (Å²) in [7, 11) is 0. The molecule has 0 spiro atoms. The molecule has 2 saturated carbocycles. The molecule has 5 unspecified atom stereocenters. The highest BCUT2D eigenvalue weighted by Gasteiger charge is 2.80. The van der Waals surface area contributed by atoms with Crippen LogP contribution in [-0.4, -0.2) is 53.4 Å². The van der Waals surface area contributed by atoms with E-state index >= 15 is 0 Å². The molecular formula is C17H26N2O8. The molecule has 1 N–H and O–H groups in total. The zero-order valence-electron chi connectivity index (χ0n) is 16.1. The second-order valence-electron chi connectivity index (χ2n) is 7.76. The van der Waals surface area contributed by atoms with Crippen LogP contribution in [0.15, 0.2) is 0 Å². The van der Waals surface area contributed by atoms with Gasteiger partial charge < -0.3 is 19.5 Å². The zero-order valence-corrected chi connectivity index (χ0v) is 16.1. The molecule has 1 amide bonds. The lowest BCUT2D eigenvalue weighted by Gasteiger charge is -2.31. The van der Waals surface area contributed by atoms with Crippen molar-refractivity contribution < 1.29 is 33.5 Å². The Balaban J connectivity index is 2.37. The largest absolute Gasteiger partial charge is 0.466 e.